The number of ether oxygens (including phenoxy) is 2. The molecule has 6 nitrogen and oxygen atoms in total. The van der Waals surface area contributed by atoms with Crippen molar-refractivity contribution in [3.05, 3.63) is 89.7 Å². The van der Waals surface area contributed by atoms with Crippen molar-refractivity contribution in [3.63, 3.8) is 0 Å². The number of oxime groups is 1. The van der Waals surface area contributed by atoms with Gasteiger partial charge in [-0.15, -0.1) is 0 Å². The molecule has 2 N–H and O–H groups in total. The summed E-state index contributed by atoms with van der Waals surface area (Å²) in [6.07, 6.45) is 3.65. The fraction of sp³-hybridized carbons (Fsp3) is 0.217. The molecule has 0 unspecified atom stereocenters. The highest BCUT2D eigenvalue weighted by Crippen LogP contribution is 2.16. The summed E-state index contributed by atoms with van der Waals surface area (Å²) in [7, 11) is 0. The van der Waals surface area contributed by atoms with Gasteiger partial charge in [0.2, 0.25) is 0 Å². The van der Waals surface area contributed by atoms with E-state index in [1.165, 1.54) is 0 Å². The lowest BCUT2D eigenvalue weighted by Crippen LogP contribution is -2.14. The molecule has 29 heavy (non-hydrogen) atoms. The molecule has 0 saturated heterocycles. The Balaban J connectivity index is 1.54. The molecule has 0 amide bonds. The summed E-state index contributed by atoms with van der Waals surface area (Å²) in [6, 6.07) is 19.0. The van der Waals surface area contributed by atoms with E-state index in [0.29, 0.717) is 19.0 Å². The van der Waals surface area contributed by atoms with E-state index in [9.17, 15) is 0 Å². The molecule has 3 aromatic rings. The quantitative estimate of drug-likeness (QED) is 0.334. The first-order valence-electron chi connectivity index (χ1n) is 9.43. The van der Waals surface area contributed by atoms with Gasteiger partial charge in [-0.05, 0) is 49.7 Å². The fourth-order valence-corrected chi connectivity index (χ4v) is 2.56. The van der Waals surface area contributed by atoms with Gasteiger partial charge in [0.1, 0.15) is 24.7 Å². The number of rotatable bonds is 9. The second-order valence-electron chi connectivity index (χ2n) is 6.74. The van der Waals surface area contributed by atoms with Crippen LogP contribution in [0.5, 0.6) is 11.5 Å². The van der Waals surface area contributed by atoms with Crippen LogP contribution in [0.3, 0.4) is 0 Å². The average molecular weight is 391 g/mol. The van der Waals surface area contributed by atoms with E-state index in [0.717, 1.165) is 22.4 Å². The summed E-state index contributed by atoms with van der Waals surface area (Å²) < 4.78 is 11.4. The molecule has 2 aromatic carbocycles. The Hall–Kier alpha value is -3.54. The van der Waals surface area contributed by atoms with E-state index in [4.69, 9.17) is 20.0 Å². The Morgan fingerprint density at radius 2 is 1.79 bits per heavy atom. The van der Waals surface area contributed by atoms with E-state index in [1.807, 2.05) is 74.5 Å². The lowest BCUT2D eigenvalue weighted by Gasteiger charge is -2.10. The van der Waals surface area contributed by atoms with Crippen LogP contribution in [0.4, 0.5) is 0 Å². The maximum atomic E-state index is 6.05. The van der Waals surface area contributed by atoms with Crippen LogP contribution in [0.25, 0.3) is 0 Å². The third kappa shape index (κ3) is 6.53. The van der Waals surface area contributed by atoms with E-state index in [2.05, 4.69) is 10.1 Å². The van der Waals surface area contributed by atoms with Crippen LogP contribution < -0.4 is 15.2 Å². The van der Waals surface area contributed by atoms with Crippen LogP contribution in [-0.4, -0.2) is 16.9 Å². The summed E-state index contributed by atoms with van der Waals surface area (Å²) >= 11 is 0. The number of nitrogens with two attached hydrogens (primary N) is 1. The van der Waals surface area contributed by atoms with Crippen LogP contribution >= 0.6 is 0 Å². The number of pyridine rings is 1. The molecule has 3 rings (SSSR count). The summed E-state index contributed by atoms with van der Waals surface area (Å²) in [4.78, 5) is 9.48. The van der Waals surface area contributed by atoms with Gasteiger partial charge < -0.3 is 20.0 Å². The number of nitrogens with zero attached hydrogens (tertiary/aromatic N) is 2. The number of benzene rings is 2. The molecule has 6 heteroatoms. The third-order valence-electron chi connectivity index (χ3n) is 3.95. The number of amidine groups is 1. The van der Waals surface area contributed by atoms with Crippen LogP contribution in [0.15, 0.2) is 78.2 Å². The molecule has 0 aliphatic carbocycles. The minimum Gasteiger partial charge on any atom is -0.491 e. The summed E-state index contributed by atoms with van der Waals surface area (Å²) in [5.74, 6) is 1.82. The summed E-state index contributed by atoms with van der Waals surface area (Å²) in [5, 5.41) is 4.02. The van der Waals surface area contributed by atoms with E-state index in [-0.39, 0.29) is 11.9 Å². The molecule has 0 atom stereocenters. The predicted octanol–water partition coefficient (Wildman–Crippen LogP) is 4.28. The summed E-state index contributed by atoms with van der Waals surface area (Å²) in [6.45, 7) is 4.74. The van der Waals surface area contributed by atoms with Crippen molar-refractivity contribution in [3.8, 4) is 11.5 Å². The molecular weight excluding hydrogens is 366 g/mol. The van der Waals surface area contributed by atoms with Crippen molar-refractivity contribution in [1.29, 1.82) is 0 Å². The zero-order chi connectivity index (χ0) is 20.5. The molecule has 1 heterocycles. The van der Waals surface area contributed by atoms with Crippen LogP contribution in [-0.2, 0) is 18.1 Å². The van der Waals surface area contributed by atoms with Gasteiger partial charge in [-0.3, -0.25) is 4.98 Å². The van der Waals surface area contributed by atoms with Gasteiger partial charge in [-0.2, -0.15) is 0 Å². The van der Waals surface area contributed by atoms with E-state index in [1.54, 1.807) is 12.4 Å². The lowest BCUT2D eigenvalue weighted by molar-refractivity contribution is 0.130. The molecule has 0 aliphatic rings. The Morgan fingerprint density at radius 1 is 0.966 bits per heavy atom. The van der Waals surface area contributed by atoms with Gasteiger partial charge >= 0.3 is 0 Å². The standard InChI is InChI=1S/C23H25N3O3/c1-17(2)29-21-10-8-18(9-11-21)16-28-26-23(24)20-6-3-7-22(13-20)27-15-19-5-4-12-25-14-19/h3-14,17H,15-16H2,1-2H3,(H2,24,26). The first-order chi connectivity index (χ1) is 14.1. The largest absolute Gasteiger partial charge is 0.491 e. The normalized spacial score (nSPS) is 11.3. The van der Waals surface area contributed by atoms with Crippen LogP contribution in [0.1, 0.15) is 30.5 Å². The highest BCUT2D eigenvalue weighted by Gasteiger charge is 2.03. The zero-order valence-electron chi connectivity index (χ0n) is 16.6. The van der Waals surface area contributed by atoms with Crippen LogP contribution in [0.2, 0.25) is 0 Å². The second-order valence-corrected chi connectivity index (χ2v) is 6.74. The Bertz CT molecular complexity index is 926. The molecule has 0 fully saturated rings. The predicted molar refractivity (Wildman–Crippen MR) is 113 cm³/mol. The lowest BCUT2D eigenvalue weighted by atomic mass is 10.2. The molecular formula is C23H25N3O3. The second kappa shape index (κ2) is 10.1. The van der Waals surface area contributed by atoms with Gasteiger partial charge in [0.05, 0.1) is 6.10 Å². The highest BCUT2D eigenvalue weighted by atomic mass is 16.6. The van der Waals surface area contributed by atoms with Crippen LogP contribution in [0, 0.1) is 0 Å². The molecule has 0 bridgehead atoms. The van der Waals surface area contributed by atoms with E-state index < -0.39 is 0 Å². The highest BCUT2D eigenvalue weighted by molar-refractivity contribution is 5.97. The van der Waals surface area contributed by atoms with Gasteiger partial charge in [0.15, 0.2) is 5.84 Å². The fourth-order valence-electron chi connectivity index (χ4n) is 2.56. The first-order valence-corrected chi connectivity index (χ1v) is 9.43. The SMILES string of the molecule is CC(C)Oc1ccc(CO/N=C(/N)c2cccc(OCc3cccnc3)c2)cc1. The average Bonchev–Trinajstić information content (AvgIpc) is 2.74. The van der Waals surface area contributed by atoms with Crippen molar-refractivity contribution < 1.29 is 14.3 Å². The van der Waals surface area contributed by atoms with Gasteiger partial charge in [-0.25, -0.2) is 0 Å². The Kier molecular flexibility index (Phi) is 7.05. The molecule has 1 aromatic heterocycles. The topological polar surface area (TPSA) is 79.0 Å². The van der Waals surface area contributed by atoms with Crippen molar-refractivity contribution >= 4 is 5.84 Å². The van der Waals surface area contributed by atoms with Gasteiger partial charge in [0.25, 0.3) is 0 Å². The van der Waals surface area contributed by atoms with Crippen molar-refractivity contribution in [2.75, 3.05) is 0 Å². The smallest absolute Gasteiger partial charge is 0.170 e. The molecule has 0 saturated carbocycles. The maximum Gasteiger partial charge on any atom is 0.170 e. The molecule has 150 valence electrons. The third-order valence-corrected chi connectivity index (χ3v) is 3.95. The van der Waals surface area contributed by atoms with Gasteiger partial charge in [-0.1, -0.05) is 35.5 Å². The number of aromatic nitrogens is 1. The maximum absolute atomic E-state index is 6.05. The minimum atomic E-state index is 0.144. The minimum absolute atomic E-state index is 0.144. The van der Waals surface area contributed by atoms with Gasteiger partial charge in [0, 0.05) is 23.5 Å². The Labute approximate surface area is 170 Å². The van der Waals surface area contributed by atoms with E-state index >= 15 is 0 Å². The Morgan fingerprint density at radius 3 is 2.52 bits per heavy atom. The zero-order valence-corrected chi connectivity index (χ0v) is 16.6. The first kappa shape index (κ1) is 20.2. The molecule has 0 radical (unpaired) electrons. The van der Waals surface area contributed by atoms with Crippen molar-refractivity contribution in [1.82, 2.24) is 4.98 Å². The van der Waals surface area contributed by atoms with Crippen molar-refractivity contribution in [2.45, 2.75) is 33.2 Å². The monoisotopic (exact) mass is 391 g/mol. The van der Waals surface area contributed by atoms with Crippen molar-refractivity contribution in [2.24, 2.45) is 10.9 Å². The summed E-state index contributed by atoms with van der Waals surface area (Å²) in [5.41, 5.74) is 8.76. The molecule has 0 aliphatic heterocycles. The number of hydrogen-bond donors (Lipinski definition) is 1. The molecule has 0 spiro atoms. The number of hydrogen-bond acceptors (Lipinski definition) is 5.